The van der Waals surface area contributed by atoms with Crippen LogP contribution in [0.3, 0.4) is 0 Å². The van der Waals surface area contributed by atoms with Gasteiger partial charge in [-0.15, -0.1) is 0 Å². The highest BCUT2D eigenvalue weighted by molar-refractivity contribution is 5.99. The number of fused-ring (bicyclic) bond motifs is 2. The van der Waals surface area contributed by atoms with Crippen LogP contribution >= 0.6 is 0 Å². The molecule has 0 radical (unpaired) electrons. The first-order chi connectivity index (χ1) is 20.1. The van der Waals surface area contributed by atoms with Crippen molar-refractivity contribution in [2.45, 2.75) is 12.8 Å². The highest BCUT2D eigenvalue weighted by Gasteiger charge is 2.16. The first-order valence-electron chi connectivity index (χ1n) is 13.6. The Balaban J connectivity index is 1.21. The third kappa shape index (κ3) is 4.98. The summed E-state index contributed by atoms with van der Waals surface area (Å²) in [5, 5.41) is 9.25. The number of likely N-dealkylation sites (tertiary alicyclic amines) is 1. The van der Waals surface area contributed by atoms with Crippen molar-refractivity contribution in [3.05, 3.63) is 73.1 Å². The van der Waals surface area contributed by atoms with Crippen LogP contribution in [0.5, 0.6) is 11.5 Å². The van der Waals surface area contributed by atoms with Gasteiger partial charge in [0.1, 0.15) is 29.6 Å². The molecule has 1 aliphatic heterocycles. The number of nitrogens with one attached hydrogen (secondary N) is 2. The zero-order chi connectivity index (χ0) is 27.8. The van der Waals surface area contributed by atoms with Crippen LogP contribution in [0.1, 0.15) is 12.8 Å². The van der Waals surface area contributed by atoms with Gasteiger partial charge in [-0.25, -0.2) is 14.4 Å². The Kier molecular flexibility index (Phi) is 6.52. The lowest BCUT2D eigenvalue weighted by Crippen LogP contribution is -2.25. The summed E-state index contributed by atoms with van der Waals surface area (Å²) >= 11 is 0. The second kappa shape index (κ2) is 10.6. The summed E-state index contributed by atoms with van der Waals surface area (Å²) in [5.74, 6) is 0.820. The molecule has 1 fully saturated rings. The molecule has 9 nitrogen and oxygen atoms in total. The van der Waals surface area contributed by atoms with Gasteiger partial charge in [0.05, 0.1) is 24.7 Å². The second-order valence-corrected chi connectivity index (χ2v) is 10.2. The van der Waals surface area contributed by atoms with Gasteiger partial charge in [0.2, 0.25) is 0 Å². The minimum Gasteiger partial charge on any atom is -0.497 e. The van der Waals surface area contributed by atoms with E-state index in [0.717, 1.165) is 64.2 Å². The molecule has 0 atom stereocenters. The molecule has 7 rings (SSSR count). The van der Waals surface area contributed by atoms with Crippen LogP contribution in [0.15, 0.2) is 67.3 Å². The van der Waals surface area contributed by atoms with E-state index in [0.29, 0.717) is 29.2 Å². The maximum atomic E-state index is 14.3. The first kappa shape index (κ1) is 25.2. The molecule has 0 aliphatic carbocycles. The van der Waals surface area contributed by atoms with Gasteiger partial charge in [-0.3, -0.25) is 15.0 Å². The number of halogens is 1. The summed E-state index contributed by atoms with van der Waals surface area (Å²) in [7, 11) is 1.52. The molecule has 0 unspecified atom stereocenters. The fourth-order valence-electron chi connectivity index (χ4n) is 5.47. The molecule has 1 aliphatic rings. The molecule has 2 N–H and O–H groups in total. The topological polar surface area (TPSA) is 105 Å². The molecule has 6 heterocycles. The van der Waals surface area contributed by atoms with E-state index < -0.39 is 0 Å². The number of rotatable bonds is 8. The number of ether oxygens (including phenoxy) is 2. The molecule has 41 heavy (non-hydrogen) atoms. The third-order valence-electron chi connectivity index (χ3n) is 7.55. The lowest BCUT2D eigenvalue weighted by Gasteiger charge is -2.15. The smallest absolute Gasteiger partial charge is 0.181 e. The predicted octanol–water partition coefficient (Wildman–Crippen LogP) is 5.85. The van der Waals surface area contributed by atoms with Gasteiger partial charge in [-0.1, -0.05) is 0 Å². The van der Waals surface area contributed by atoms with Crippen molar-refractivity contribution in [3.63, 3.8) is 0 Å². The lowest BCUT2D eigenvalue weighted by atomic mass is 10.0. The van der Waals surface area contributed by atoms with Crippen LogP contribution in [0.2, 0.25) is 0 Å². The van der Waals surface area contributed by atoms with Crippen LogP contribution in [0.25, 0.3) is 55.7 Å². The highest BCUT2D eigenvalue weighted by Crippen LogP contribution is 2.35. The molecule has 5 aromatic heterocycles. The van der Waals surface area contributed by atoms with Gasteiger partial charge in [0, 0.05) is 53.1 Å². The van der Waals surface area contributed by atoms with Crippen molar-refractivity contribution >= 4 is 22.1 Å². The van der Waals surface area contributed by atoms with E-state index in [1.54, 1.807) is 18.6 Å². The van der Waals surface area contributed by atoms with Gasteiger partial charge in [0.25, 0.3) is 0 Å². The van der Waals surface area contributed by atoms with Gasteiger partial charge in [-0.2, -0.15) is 5.10 Å². The number of hydrogen-bond acceptors (Lipinski definition) is 7. The molecular weight excluding hydrogens is 521 g/mol. The average Bonchev–Trinajstić information content (AvgIpc) is 3.76. The summed E-state index contributed by atoms with van der Waals surface area (Å²) in [6, 6.07) is 12.6. The third-order valence-corrected chi connectivity index (χ3v) is 7.55. The van der Waals surface area contributed by atoms with Crippen LogP contribution in [-0.2, 0) is 0 Å². The quantitative estimate of drug-likeness (QED) is 0.245. The van der Waals surface area contributed by atoms with Crippen molar-refractivity contribution in [3.8, 4) is 45.1 Å². The number of hydrogen-bond donors (Lipinski definition) is 2. The van der Waals surface area contributed by atoms with Gasteiger partial charge in [0.15, 0.2) is 5.65 Å². The molecule has 0 saturated carbocycles. The normalized spacial score (nSPS) is 13.8. The Labute approximate surface area is 235 Å². The van der Waals surface area contributed by atoms with Crippen molar-refractivity contribution in [2.75, 3.05) is 33.4 Å². The second-order valence-electron chi connectivity index (χ2n) is 10.2. The van der Waals surface area contributed by atoms with Gasteiger partial charge < -0.3 is 14.5 Å². The van der Waals surface area contributed by atoms with Crippen molar-refractivity contribution in [1.29, 1.82) is 0 Å². The maximum absolute atomic E-state index is 14.3. The minimum atomic E-state index is -0.367. The number of nitrogens with zero attached hydrogens (tertiary/aromatic N) is 5. The maximum Gasteiger partial charge on any atom is 0.181 e. The Morgan fingerprint density at radius 2 is 1.76 bits per heavy atom. The van der Waals surface area contributed by atoms with Crippen LogP contribution < -0.4 is 9.47 Å². The SMILES string of the molecule is COc1cc(F)cc(-c2ccnc3[nH]c(-c4[nH]nc5ncc(-c6cncc(OCCN7CCCC7)c6)cc45)cc23)c1. The van der Waals surface area contributed by atoms with E-state index in [4.69, 9.17) is 9.47 Å². The Hall–Kier alpha value is -4.83. The Morgan fingerprint density at radius 1 is 0.902 bits per heavy atom. The van der Waals surface area contributed by atoms with Crippen molar-refractivity contribution < 1.29 is 13.9 Å². The number of pyridine rings is 3. The van der Waals surface area contributed by atoms with E-state index in [9.17, 15) is 4.39 Å². The first-order valence-corrected chi connectivity index (χ1v) is 13.6. The minimum absolute atomic E-state index is 0.367. The highest BCUT2D eigenvalue weighted by atomic mass is 19.1. The molecule has 10 heteroatoms. The van der Waals surface area contributed by atoms with Crippen LogP contribution in [0.4, 0.5) is 4.39 Å². The summed E-state index contributed by atoms with van der Waals surface area (Å²) in [6.07, 6.45) is 9.57. The Morgan fingerprint density at radius 3 is 2.63 bits per heavy atom. The molecule has 0 spiro atoms. The van der Waals surface area contributed by atoms with Gasteiger partial charge in [-0.05, 0) is 73.5 Å². The molecular formula is C31H28FN7O2. The standard InChI is InChI=1S/C31H28FN7O2/c1-40-23-11-19(10-22(32)14-23)25-4-5-34-30-26(25)15-28(36-30)29-27-13-21(17-35-31(27)38-37-29)20-12-24(18-33-16-20)41-9-8-39-6-2-3-7-39/h4-5,10-18H,2-3,6-9H2,1H3,(H,34,36)(H,35,37,38). The fourth-order valence-corrected chi connectivity index (χ4v) is 5.47. The van der Waals surface area contributed by atoms with Crippen molar-refractivity contribution in [1.82, 2.24) is 35.0 Å². The number of H-pyrrole nitrogens is 2. The lowest BCUT2D eigenvalue weighted by molar-refractivity contribution is 0.237. The zero-order valence-electron chi connectivity index (χ0n) is 22.5. The zero-order valence-corrected chi connectivity index (χ0v) is 22.5. The molecule has 206 valence electrons. The number of methoxy groups -OCH3 is 1. The van der Waals surface area contributed by atoms with Crippen molar-refractivity contribution in [2.24, 2.45) is 0 Å². The van der Waals surface area contributed by atoms with E-state index in [2.05, 4.69) is 35.0 Å². The van der Waals surface area contributed by atoms with E-state index in [1.165, 1.54) is 32.1 Å². The molecule has 0 bridgehead atoms. The van der Waals surface area contributed by atoms with Gasteiger partial charge >= 0.3 is 0 Å². The van der Waals surface area contributed by atoms with E-state index in [1.807, 2.05) is 36.5 Å². The summed E-state index contributed by atoms with van der Waals surface area (Å²) in [4.78, 5) is 19.3. The van der Waals surface area contributed by atoms with Crippen LogP contribution in [0, 0.1) is 5.82 Å². The molecule has 1 aromatic carbocycles. The van der Waals surface area contributed by atoms with E-state index in [-0.39, 0.29) is 5.82 Å². The number of benzene rings is 1. The summed E-state index contributed by atoms with van der Waals surface area (Å²) in [6.45, 7) is 3.85. The average molecular weight is 550 g/mol. The number of aromatic amines is 2. The molecule has 0 amide bonds. The summed E-state index contributed by atoms with van der Waals surface area (Å²) < 4.78 is 25.6. The number of aromatic nitrogens is 6. The largest absolute Gasteiger partial charge is 0.497 e. The fraction of sp³-hybridized carbons (Fsp3) is 0.226. The molecule has 1 saturated heterocycles. The van der Waals surface area contributed by atoms with Crippen LogP contribution in [-0.4, -0.2) is 68.4 Å². The van der Waals surface area contributed by atoms with E-state index >= 15 is 0 Å². The molecule has 6 aromatic rings. The predicted molar refractivity (Wildman–Crippen MR) is 155 cm³/mol. The summed E-state index contributed by atoms with van der Waals surface area (Å²) in [5.41, 5.74) is 6.19. The monoisotopic (exact) mass is 549 g/mol. The Bertz CT molecular complexity index is 1860.